The second-order valence-corrected chi connectivity index (χ2v) is 5.39. The van der Waals surface area contributed by atoms with E-state index < -0.39 is 11.6 Å². The Morgan fingerprint density at radius 3 is 2.39 bits per heavy atom. The van der Waals surface area contributed by atoms with Gasteiger partial charge in [-0.3, -0.25) is 0 Å². The number of hydrogen-bond donors (Lipinski definition) is 1. The van der Waals surface area contributed by atoms with E-state index in [2.05, 4.69) is 0 Å². The Morgan fingerprint density at radius 1 is 1.17 bits per heavy atom. The van der Waals surface area contributed by atoms with Crippen LogP contribution in [0.5, 0.6) is 0 Å². The van der Waals surface area contributed by atoms with Crippen LogP contribution in [0.25, 0.3) is 0 Å². The van der Waals surface area contributed by atoms with Crippen molar-refractivity contribution < 1.29 is 8.78 Å². The van der Waals surface area contributed by atoms with Gasteiger partial charge in [0.15, 0.2) is 0 Å². The molecule has 0 amide bonds. The van der Waals surface area contributed by atoms with E-state index in [1.54, 1.807) is 0 Å². The Morgan fingerprint density at radius 2 is 1.78 bits per heavy atom. The molecule has 1 fully saturated rings. The normalized spacial score (nSPS) is 18.2. The molecule has 0 aromatic heterocycles. The molecule has 0 bridgehead atoms. The molecule has 0 aliphatic heterocycles. The van der Waals surface area contributed by atoms with Crippen molar-refractivity contribution >= 4 is 0 Å². The van der Waals surface area contributed by atoms with Crippen LogP contribution in [0, 0.1) is 17.6 Å². The molecule has 1 aromatic rings. The highest BCUT2D eigenvalue weighted by Gasteiger charge is 2.17. The number of benzene rings is 1. The van der Waals surface area contributed by atoms with Gasteiger partial charge in [0.05, 0.1) is 0 Å². The van der Waals surface area contributed by atoms with Crippen LogP contribution in [0.2, 0.25) is 0 Å². The minimum absolute atomic E-state index is 0.136. The first-order valence-corrected chi connectivity index (χ1v) is 6.85. The van der Waals surface area contributed by atoms with Crippen molar-refractivity contribution in [3.8, 4) is 0 Å². The van der Waals surface area contributed by atoms with Gasteiger partial charge in [0, 0.05) is 11.6 Å². The average Bonchev–Trinajstić information content (AvgIpc) is 2.84. The Labute approximate surface area is 107 Å². The van der Waals surface area contributed by atoms with Crippen LogP contribution in [0.3, 0.4) is 0 Å². The summed E-state index contributed by atoms with van der Waals surface area (Å²) >= 11 is 0. The summed E-state index contributed by atoms with van der Waals surface area (Å²) in [6, 6.07) is 3.83. The minimum Gasteiger partial charge on any atom is -0.327 e. The smallest absolute Gasteiger partial charge is 0.129 e. The summed E-state index contributed by atoms with van der Waals surface area (Å²) in [4.78, 5) is 0. The first-order valence-electron chi connectivity index (χ1n) is 6.85. The Balaban J connectivity index is 1.84. The summed E-state index contributed by atoms with van der Waals surface area (Å²) in [5.74, 6) is -0.181. The van der Waals surface area contributed by atoms with E-state index in [4.69, 9.17) is 5.73 Å². The largest absolute Gasteiger partial charge is 0.327 e. The van der Waals surface area contributed by atoms with Gasteiger partial charge in [-0.2, -0.15) is 0 Å². The van der Waals surface area contributed by atoms with Crippen LogP contribution in [-0.4, -0.2) is 6.04 Å². The highest BCUT2D eigenvalue weighted by atomic mass is 19.1. The summed E-state index contributed by atoms with van der Waals surface area (Å²) < 4.78 is 26.9. The summed E-state index contributed by atoms with van der Waals surface area (Å²) in [5, 5.41) is 0. The van der Waals surface area contributed by atoms with Gasteiger partial charge in [-0.05, 0) is 37.3 Å². The highest BCUT2D eigenvalue weighted by molar-refractivity contribution is 5.20. The van der Waals surface area contributed by atoms with Crippen molar-refractivity contribution in [2.45, 2.75) is 51.0 Å². The van der Waals surface area contributed by atoms with E-state index in [0.29, 0.717) is 6.42 Å². The molecule has 0 saturated heterocycles. The van der Waals surface area contributed by atoms with Crippen molar-refractivity contribution in [1.82, 2.24) is 0 Å². The van der Waals surface area contributed by atoms with Crippen LogP contribution >= 0.6 is 0 Å². The maximum absolute atomic E-state index is 13.5. The van der Waals surface area contributed by atoms with Gasteiger partial charge in [0.1, 0.15) is 11.6 Å². The van der Waals surface area contributed by atoms with Gasteiger partial charge in [0.25, 0.3) is 0 Å². The molecule has 0 radical (unpaired) electrons. The molecule has 3 heteroatoms. The molecule has 1 nitrogen and oxygen atoms in total. The van der Waals surface area contributed by atoms with E-state index in [-0.39, 0.29) is 11.6 Å². The molecule has 0 heterocycles. The Kier molecular flexibility index (Phi) is 4.70. The lowest BCUT2D eigenvalue weighted by Crippen LogP contribution is -2.24. The predicted octanol–water partition coefficient (Wildman–Crippen LogP) is 3.81. The zero-order chi connectivity index (χ0) is 13.0. The van der Waals surface area contributed by atoms with E-state index >= 15 is 0 Å². The summed E-state index contributed by atoms with van der Waals surface area (Å²) in [5.41, 5.74) is 6.12. The third-order valence-corrected chi connectivity index (χ3v) is 3.95. The first-order chi connectivity index (χ1) is 8.66. The van der Waals surface area contributed by atoms with E-state index in [0.717, 1.165) is 18.8 Å². The molecule has 2 rings (SSSR count). The molecule has 1 unspecified atom stereocenters. The SMILES string of the molecule is NC(CCC1CCCC1)Cc1c(F)cccc1F. The Hall–Kier alpha value is -0.960. The maximum atomic E-state index is 13.5. The van der Waals surface area contributed by atoms with Crippen LogP contribution in [0.4, 0.5) is 8.78 Å². The van der Waals surface area contributed by atoms with Crippen LogP contribution < -0.4 is 5.73 Å². The third kappa shape index (κ3) is 3.52. The lowest BCUT2D eigenvalue weighted by Gasteiger charge is -2.15. The van der Waals surface area contributed by atoms with Crippen LogP contribution in [0.1, 0.15) is 44.1 Å². The topological polar surface area (TPSA) is 26.0 Å². The molecule has 100 valence electrons. The second-order valence-electron chi connectivity index (χ2n) is 5.39. The van der Waals surface area contributed by atoms with E-state index in [1.165, 1.54) is 43.9 Å². The zero-order valence-corrected chi connectivity index (χ0v) is 10.7. The molecule has 1 aliphatic rings. The molecule has 2 N–H and O–H groups in total. The highest BCUT2D eigenvalue weighted by Crippen LogP contribution is 2.29. The van der Waals surface area contributed by atoms with Crippen molar-refractivity contribution in [2.24, 2.45) is 11.7 Å². The number of hydrogen-bond acceptors (Lipinski definition) is 1. The second kappa shape index (κ2) is 6.28. The van der Waals surface area contributed by atoms with Gasteiger partial charge in [0.2, 0.25) is 0 Å². The molecule has 0 spiro atoms. The van der Waals surface area contributed by atoms with Crippen LogP contribution in [-0.2, 0) is 6.42 Å². The quantitative estimate of drug-likeness (QED) is 0.848. The summed E-state index contributed by atoms with van der Waals surface area (Å²) in [6.45, 7) is 0. The maximum Gasteiger partial charge on any atom is 0.129 e. The van der Waals surface area contributed by atoms with Crippen molar-refractivity contribution in [3.63, 3.8) is 0 Å². The predicted molar refractivity (Wildman–Crippen MR) is 69.2 cm³/mol. The monoisotopic (exact) mass is 253 g/mol. The van der Waals surface area contributed by atoms with Gasteiger partial charge in [-0.15, -0.1) is 0 Å². The van der Waals surface area contributed by atoms with E-state index in [1.807, 2.05) is 0 Å². The molecular formula is C15H21F2N. The fourth-order valence-corrected chi connectivity index (χ4v) is 2.84. The molecule has 1 aliphatic carbocycles. The number of halogens is 2. The fourth-order valence-electron chi connectivity index (χ4n) is 2.84. The Bertz CT molecular complexity index is 366. The fraction of sp³-hybridized carbons (Fsp3) is 0.600. The van der Waals surface area contributed by atoms with Crippen LogP contribution in [0.15, 0.2) is 18.2 Å². The molecular weight excluding hydrogens is 232 g/mol. The first kappa shape index (κ1) is 13.5. The number of rotatable bonds is 5. The summed E-state index contributed by atoms with van der Waals surface area (Å²) in [7, 11) is 0. The molecule has 18 heavy (non-hydrogen) atoms. The van der Waals surface area contributed by atoms with Gasteiger partial charge in [-0.1, -0.05) is 31.7 Å². The molecule has 1 atom stereocenters. The van der Waals surface area contributed by atoms with Crippen molar-refractivity contribution in [3.05, 3.63) is 35.4 Å². The van der Waals surface area contributed by atoms with Crippen molar-refractivity contribution in [1.29, 1.82) is 0 Å². The van der Waals surface area contributed by atoms with Crippen molar-refractivity contribution in [2.75, 3.05) is 0 Å². The third-order valence-electron chi connectivity index (χ3n) is 3.95. The summed E-state index contributed by atoms with van der Waals surface area (Å²) in [6.07, 6.45) is 7.48. The minimum atomic E-state index is -0.480. The molecule has 1 aromatic carbocycles. The standard InChI is InChI=1S/C15H21F2N/c16-14-6-3-7-15(17)13(14)10-12(18)9-8-11-4-1-2-5-11/h3,6-7,11-12H,1-2,4-5,8-10,18H2. The molecule has 1 saturated carbocycles. The van der Waals surface area contributed by atoms with E-state index in [9.17, 15) is 8.78 Å². The lowest BCUT2D eigenvalue weighted by molar-refractivity contribution is 0.439. The van der Waals surface area contributed by atoms with Gasteiger partial charge in [-0.25, -0.2) is 8.78 Å². The number of nitrogens with two attached hydrogens (primary N) is 1. The lowest BCUT2D eigenvalue weighted by atomic mass is 9.95. The van der Waals surface area contributed by atoms with Gasteiger partial charge >= 0.3 is 0 Å². The zero-order valence-electron chi connectivity index (χ0n) is 10.7. The average molecular weight is 253 g/mol. The van der Waals surface area contributed by atoms with Gasteiger partial charge < -0.3 is 5.73 Å².